The van der Waals surface area contributed by atoms with Gasteiger partial charge in [0.15, 0.2) is 0 Å². The van der Waals surface area contributed by atoms with Gasteiger partial charge in [0.25, 0.3) is 0 Å². The molecule has 1 atom stereocenters. The average Bonchev–Trinajstić information content (AvgIpc) is 3.38. The number of piperidine rings is 1. The molecule has 5 aromatic rings. The molecular weight excluding hydrogens is 524 g/mol. The van der Waals surface area contributed by atoms with Crippen LogP contribution in [0, 0.1) is 0 Å². The van der Waals surface area contributed by atoms with Gasteiger partial charge in [-0.25, -0.2) is 9.59 Å². The van der Waals surface area contributed by atoms with Crippen LogP contribution in [0.1, 0.15) is 41.6 Å². The molecule has 214 valence electrons. The van der Waals surface area contributed by atoms with Gasteiger partial charge < -0.3 is 14.6 Å². The lowest BCUT2D eigenvalue weighted by atomic mass is 10.0. The number of hydrogen-bond acceptors (Lipinski definition) is 4. The molecule has 1 amide bonds. The Morgan fingerprint density at radius 3 is 1.95 bits per heavy atom. The molecule has 1 N–H and O–H groups in total. The molecule has 0 aliphatic carbocycles. The minimum absolute atomic E-state index is 0.0435. The molecule has 0 saturated carbocycles. The minimum Gasteiger partial charge on any atom is -0.447 e. The van der Waals surface area contributed by atoms with Crippen LogP contribution < -0.4 is 5.69 Å². The molecule has 0 spiro atoms. The largest absolute Gasteiger partial charge is 0.447 e. The van der Waals surface area contributed by atoms with E-state index in [-0.39, 0.29) is 30.5 Å². The van der Waals surface area contributed by atoms with Crippen LogP contribution >= 0.6 is 0 Å². The molecule has 4 aromatic carbocycles. The van der Waals surface area contributed by atoms with Crippen LogP contribution in [0.25, 0.3) is 11.0 Å². The van der Waals surface area contributed by atoms with E-state index in [0.29, 0.717) is 25.9 Å². The fourth-order valence-electron chi connectivity index (χ4n) is 5.98. The van der Waals surface area contributed by atoms with Crippen molar-refractivity contribution in [1.29, 1.82) is 0 Å². The highest BCUT2D eigenvalue weighted by molar-refractivity contribution is 5.75. The SMILES string of the molecule is O=C(OC[C@H](c1ccccc1)N(Cc1ccccc1)Cc1ccccc1)N1CCC(n2c(=O)[nH]c3ccccc32)CC1. The van der Waals surface area contributed by atoms with E-state index < -0.39 is 0 Å². The quantitative estimate of drug-likeness (QED) is 0.222. The zero-order chi connectivity index (χ0) is 28.7. The van der Waals surface area contributed by atoms with Crippen molar-refractivity contribution in [3.8, 4) is 0 Å². The summed E-state index contributed by atoms with van der Waals surface area (Å²) in [7, 11) is 0. The maximum absolute atomic E-state index is 13.4. The van der Waals surface area contributed by atoms with Crippen LogP contribution in [0.15, 0.2) is 120 Å². The van der Waals surface area contributed by atoms with Crippen LogP contribution in [-0.4, -0.2) is 45.1 Å². The van der Waals surface area contributed by atoms with Gasteiger partial charge in [-0.2, -0.15) is 0 Å². The normalized spacial score (nSPS) is 14.7. The van der Waals surface area contributed by atoms with Crippen molar-refractivity contribution in [3.63, 3.8) is 0 Å². The molecule has 1 saturated heterocycles. The number of para-hydroxylation sites is 2. The zero-order valence-corrected chi connectivity index (χ0v) is 23.6. The van der Waals surface area contributed by atoms with E-state index in [2.05, 4.69) is 70.5 Å². The predicted octanol–water partition coefficient (Wildman–Crippen LogP) is 6.55. The van der Waals surface area contributed by atoms with Gasteiger partial charge in [-0.15, -0.1) is 0 Å². The van der Waals surface area contributed by atoms with Crippen molar-refractivity contribution in [2.75, 3.05) is 19.7 Å². The highest BCUT2D eigenvalue weighted by Crippen LogP contribution is 2.28. The summed E-state index contributed by atoms with van der Waals surface area (Å²) < 4.78 is 7.89. The Morgan fingerprint density at radius 1 is 0.786 bits per heavy atom. The summed E-state index contributed by atoms with van der Waals surface area (Å²) in [5.74, 6) is 0. The number of likely N-dealkylation sites (tertiary alicyclic amines) is 1. The summed E-state index contributed by atoms with van der Waals surface area (Å²) in [4.78, 5) is 33.1. The highest BCUT2D eigenvalue weighted by atomic mass is 16.6. The Labute approximate surface area is 246 Å². The molecule has 1 aliphatic heterocycles. The topological polar surface area (TPSA) is 70.6 Å². The number of H-pyrrole nitrogens is 1. The maximum atomic E-state index is 13.4. The second-order valence-electron chi connectivity index (χ2n) is 10.9. The number of ether oxygens (including phenoxy) is 1. The number of aromatic nitrogens is 2. The minimum atomic E-state index is -0.306. The number of benzene rings is 4. The fourth-order valence-corrected chi connectivity index (χ4v) is 5.98. The molecule has 7 heteroatoms. The first-order chi connectivity index (χ1) is 20.7. The van der Waals surface area contributed by atoms with E-state index in [1.54, 1.807) is 4.90 Å². The third-order valence-electron chi connectivity index (χ3n) is 8.16. The average molecular weight is 561 g/mol. The van der Waals surface area contributed by atoms with E-state index in [0.717, 1.165) is 29.7 Å². The van der Waals surface area contributed by atoms with Crippen LogP contribution in [0.4, 0.5) is 4.79 Å². The van der Waals surface area contributed by atoms with Crippen LogP contribution in [0.3, 0.4) is 0 Å². The number of amides is 1. The van der Waals surface area contributed by atoms with Gasteiger partial charge in [0.05, 0.1) is 17.1 Å². The van der Waals surface area contributed by atoms with Crippen molar-refractivity contribution in [2.24, 2.45) is 0 Å². The molecule has 42 heavy (non-hydrogen) atoms. The Balaban J connectivity index is 1.16. The van der Waals surface area contributed by atoms with Crippen molar-refractivity contribution in [3.05, 3.63) is 142 Å². The molecule has 1 fully saturated rings. The second-order valence-corrected chi connectivity index (χ2v) is 10.9. The van der Waals surface area contributed by atoms with Gasteiger partial charge in [-0.1, -0.05) is 103 Å². The summed E-state index contributed by atoms with van der Waals surface area (Å²) in [6.45, 7) is 2.77. The zero-order valence-electron chi connectivity index (χ0n) is 23.6. The standard InChI is InChI=1S/C35H36N4O3/c40-34-36-31-18-10-11-19-32(31)39(34)30-20-22-37(23-21-30)35(41)42-26-33(29-16-8-3-9-17-29)38(24-27-12-4-1-5-13-27)25-28-14-6-2-7-15-28/h1-19,30,33H,20-26H2,(H,36,40)/t33-/m1/s1. The van der Waals surface area contributed by atoms with Gasteiger partial charge >= 0.3 is 11.8 Å². The van der Waals surface area contributed by atoms with Crippen LogP contribution in [0.2, 0.25) is 0 Å². The van der Waals surface area contributed by atoms with Gasteiger partial charge in [0.2, 0.25) is 0 Å². The lowest BCUT2D eigenvalue weighted by molar-refractivity contribution is 0.0514. The Morgan fingerprint density at radius 2 is 1.33 bits per heavy atom. The number of carbonyl (C=O) groups is 1. The summed E-state index contributed by atoms with van der Waals surface area (Å²) >= 11 is 0. The van der Waals surface area contributed by atoms with E-state index in [1.807, 2.05) is 59.2 Å². The Bertz CT molecular complexity index is 1600. The van der Waals surface area contributed by atoms with Gasteiger partial charge in [-0.3, -0.25) is 9.47 Å². The lowest BCUT2D eigenvalue weighted by Crippen LogP contribution is -2.42. The number of rotatable bonds is 9. The molecule has 0 bridgehead atoms. The van der Waals surface area contributed by atoms with Gasteiger partial charge in [0.1, 0.15) is 6.61 Å². The van der Waals surface area contributed by atoms with Crippen molar-refractivity contribution in [1.82, 2.24) is 19.4 Å². The molecule has 0 radical (unpaired) electrons. The molecule has 1 aromatic heterocycles. The lowest BCUT2D eigenvalue weighted by Gasteiger charge is -2.34. The molecule has 1 aliphatic rings. The number of nitrogens with one attached hydrogen (secondary N) is 1. The molecule has 0 unspecified atom stereocenters. The summed E-state index contributed by atoms with van der Waals surface area (Å²) in [5.41, 5.74) is 5.16. The first-order valence-electron chi connectivity index (χ1n) is 14.6. The van der Waals surface area contributed by atoms with Gasteiger partial charge in [-0.05, 0) is 41.7 Å². The monoisotopic (exact) mass is 560 g/mol. The number of aromatic amines is 1. The highest BCUT2D eigenvalue weighted by Gasteiger charge is 2.29. The number of imidazole rings is 1. The predicted molar refractivity (Wildman–Crippen MR) is 165 cm³/mol. The Hall–Kier alpha value is -4.62. The van der Waals surface area contributed by atoms with E-state index in [1.165, 1.54) is 11.1 Å². The number of fused-ring (bicyclic) bond motifs is 1. The Kier molecular flexibility index (Phi) is 8.47. The first-order valence-corrected chi connectivity index (χ1v) is 14.6. The van der Waals surface area contributed by atoms with Crippen molar-refractivity contribution < 1.29 is 9.53 Å². The number of hydrogen-bond donors (Lipinski definition) is 1. The molecule has 7 nitrogen and oxygen atoms in total. The third kappa shape index (κ3) is 6.31. The number of carbonyl (C=O) groups excluding carboxylic acids is 1. The molecule has 2 heterocycles. The smallest absolute Gasteiger partial charge is 0.409 e. The number of nitrogens with zero attached hydrogens (tertiary/aromatic N) is 3. The van der Waals surface area contributed by atoms with E-state index in [4.69, 9.17) is 4.74 Å². The summed E-state index contributed by atoms with van der Waals surface area (Å²) in [5, 5.41) is 0. The third-order valence-corrected chi connectivity index (χ3v) is 8.16. The van der Waals surface area contributed by atoms with Crippen LogP contribution in [0.5, 0.6) is 0 Å². The van der Waals surface area contributed by atoms with Crippen molar-refractivity contribution >= 4 is 17.1 Å². The fraction of sp³-hybridized carbons (Fsp3) is 0.257. The maximum Gasteiger partial charge on any atom is 0.409 e. The summed E-state index contributed by atoms with van der Waals surface area (Å²) in [6.07, 6.45) is 1.10. The van der Waals surface area contributed by atoms with Gasteiger partial charge in [0, 0.05) is 32.2 Å². The van der Waals surface area contributed by atoms with Crippen molar-refractivity contribution in [2.45, 2.75) is 38.0 Å². The first kappa shape index (κ1) is 27.5. The van der Waals surface area contributed by atoms with E-state index in [9.17, 15) is 9.59 Å². The molecule has 6 rings (SSSR count). The van der Waals surface area contributed by atoms with E-state index >= 15 is 0 Å². The van der Waals surface area contributed by atoms with Crippen LogP contribution in [-0.2, 0) is 17.8 Å². The summed E-state index contributed by atoms with van der Waals surface area (Å²) in [6, 6.07) is 38.8. The molecular formula is C35H36N4O3. The second kappa shape index (κ2) is 12.9.